The topological polar surface area (TPSA) is 57.6 Å². The summed E-state index contributed by atoms with van der Waals surface area (Å²) in [6.07, 6.45) is 1.65. The quantitative estimate of drug-likeness (QED) is 0.918. The Hall–Kier alpha value is -0.330. The molecule has 20 heavy (non-hydrogen) atoms. The lowest BCUT2D eigenvalue weighted by molar-refractivity contribution is 0.165. The van der Waals surface area contributed by atoms with Crippen LogP contribution in [0.2, 0.25) is 10.0 Å². The third-order valence-corrected chi connectivity index (χ3v) is 6.02. The largest absolute Gasteiger partial charge is 0.396 e. The Balaban J connectivity index is 2.12. The molecule has 1 unspecified atom stereocenters. The molecule has 0 spiro atoms. The van der Waals surface area contributed by atoms with Crippen molar-refractivity contribution >= 4 is 33.2 Å². The monoisotopic (exact) mass is 337 g/mol. The van der Waals surface area contributed by atoms with Crippen molar-refractivity contribution in [2.45, 2.75) is 18.6 Å². The van der Waals surface area contributed by atoms with E-state index >= 15 is 0 Å². The minimum absolute atomic E-state index is 0.0266. The molecule has 0 radical (unpaired) electrons. The first-order chi connectivity index (χ1) is 9.42. The van der Waals surface area contributed by atoms with Gasteiger partial charge >= 0.3 is 0 Å². The van der Waals surface area contributed by atoms with E-state index in [0.717, 1.165) is 12.8 Å². The lowest BCUT2D eigenvalue weighted by Crippen LogP contribution is -2.41. The van der Waals surface area contributed by atoms with Crippen LogP contribution in [0.5, 0.6) is 0 Å². The molecular formula is C13H17Cl2NO3S. The SMILES string of the molecule is O=S(=O)(Cc1ccc(Cl)c(Cl)c1)N1CCCC(CO)C1. The van der Waals surface area contributed by atoms with Gasteiger partial charge in [0.1, 0.15) is 0 Å². The third kappa shape index (κ3) is 3.86. The summed E-state index contributed by atoms with van der Waals surface area (Å²) in [4.78, 5) is 0. The van der Waals surface area contributed by atoms with Crippen LogP contribution in [0.25, 0.3) is 0 Å². The maximum atomic E-state index is 12.4. The number of piperidine rings is 1. The first-order valence-electron chi connectivity index (χ1n) is 6.45. The Kier molecular flexibility index (Phi) is 5.31. The van der Waals surface area contributed by atoms with Crippen molar-refractivity contribution in [1.82, 2.24) is 4.31 Å². The molecule has 1 aromatic rings. The van der Waals surface area contributed by atoms with Crippen molar-refractivity contribution < 1.29 is 13.5 Å². The van der Waals surface area contributed by atoms with Gasteiger partial charge in [0.05, 0.1) is 15.8 Å². The molecule has 1 N–H and O–H groups in total. The standard InChI is InChI=1S/C13H17Cl2NO3S/c14-12-4-3-10(6-13(12)15)9-20(18,19)16-5-1-2-11(7-16)8-17/h3-4,6,11,17H,1-2,5,7-9H2. The highest BCUT2D eigenvalue weighted by Gasteiger charge is 2.28. The molecule has 2 rings (SSSR count). The van der Waals surface area contributed by atoms with Crippen LogP contribution >= 0.6 is 23.2 Å². The van der Waals surface area contributed by atoms with Crippen molar-refractivity contribution in [2.75, 3.05) is 19.7 Å². The molecule has 0 aliphatic carbocycles. The van der Waals surface area contributed by atoms with Gasteiger partial charge in [-0.1, -0.05) is 29.3 Å². The number of rotatable bonds is 4. The van der Waals surface area contributed by atoms with Crippen LogP contribution in [0.3, 0.4) is 0 Å². The second-order valence-corrected chi connectivity index (χ2v) is 7.84. The molecule has 112 valence electrons. The minimum Gasteiger partial charge on any atom is -0.396 e. The van der Waals surface area contributed by atoms with Gasteiger partial charge in [0.15, 0.2) is 0 Å². The van der Waals surface area contributed by atoms with Crippen molar-refractivity contribution in [1.29, 1.82) is 0 Å². The van der Waals surface area contributed by atoms with Gasteiger partial charge in [-0.05, 0) is 36.5 Å². The Morgan fingerprint density at radius 3 is 2.70 bits per heavy atom. The van der Waals surface area contributed by atoms with Crippen LogP contribution in [-0.4, -0.2) is 37.5 Å². The van der Waals surface area contributed by atoms with E-state index < -0.39 is 10.0 Å². The van der Waals surface area contributed by atoms with E-state index in [1.165, 1.54) is 4.31 Å². The van der Waals surface area contributed by atoms with Gasteiger partial charge in [-0.25, -0.2) is 12.7 Å². The number of aliphatic hydroxyl groups is 1. The molecule has 0 aromatic heterocycles. The number of benzene rings is 1. The first kappa shape index (κ1) is 16.0. The highest BCUT2D eigenvalue weighted by molar-refractivity contribution is 7.88. The van der Waals surface area contributed by atoms with Crippen LogP contribution in [0, 0.1) is 5.92 Å². The molecule has 4 nitrogen and oxygen atoms in total. The van der Waals surface area contributed by atoms with E-state index in [9.17, 15) is 13.5 Å². The summed E-state index contributed by atoms with van der Waals surface area (Å²) < 4.78 is 26.2. The van der Waals surface area contributed by atoms with Gasteiger partial charge < -0.3 is 5.11 Å². The van der Waals surface area contributed by atoms with Crippen molar-refractivity contribution in [3.8, 4) is 0 Å². The Morgan fingerprint density at radius 2 is 2.05 bits per heavy atom. The van der Waals surface area contributed by atoms with E-state index in [2.05, 4.69) is 0 Å². The molecular weight excluding hydrogens is 321 g/mol. The maximum Gasteiger partial charge on any atom is 0.218 e. The number of nitrogens with zero attached hydrogens (tertiary/aromatic N) is 1. The summed E-state index contributed by atoms with van der Waals surface area (Å²) in [5, 5.41) is 9.94. The molecule has 1 aliphatic heterocycles. The smallest absolute Gasteiger partial charge is 0.218 e. The van der Waals surface area contributed by atoms with E-state index in [1.54, 1.807) is 18.2 Å². The van der Waals surface area contributed by atoms with Gasteiger partial charge in [-0.15, -0.1) is 0 Å². The van der Waals surface area contributed by atoms with Crippen LogP contribution in [-0.2, 0) is 15.8 Å². The fraction of sp³-hybridized carbons (Fsp3) is 0.538. The summed E-state index contributed by atoms with van der Waals surface area (Å²) in [6, 6.07) is 4.84. The number of aliphatic hydroxyl groups excluding tert-OH is 1. The molecule has 0 amide bonds. The molecule has 1 aliphatic rings. The predicted octanol–water partition coefficient (Wildman–Crippen LogP) is 2.53. The van der Waals surface area contributed by atoms with E-state index in [1.807, 2.05) is 0 Å². The van der Waals surface area contributed by atoms with Crippen molar-refractivity contribution in [3.05, 3.63) is 33.8 Å². The van der Waals surface area contributed by atoms with Gasteiger partial charge in [-0.2, -0.15) is 0 Å². The molecule has 0 bridgehead atoms. The maximum absolute atomic E-state index is 12.4. The van der Waals surface area contributed by atoms with Crippen LogP contribution in [0.1, 0.15) is 18.4 Å². The summed E-state index contributed by atoms with van der Waals surface area (Å²) in [7, 11) is -3.39. The Morgan fingerprint density at radius 1 is 1.30 bits per heavy atom. The average molecular weight is 338 g/mol. The second kappa shape index (κ2) is 6.62. The molecule has 1 heterocycles. The summed E-state index contributed by atoms with van der Waals surface area (Å²) in [5.74, 6) is -0.0606. The molecule has 0 saturated carbocycles. The lowest BCUT2D eigenvalue weighted by atomic mass is 10.0. The Labute approximate surface area is 129 Å². The van der Waals surface area contributed by atoms with Gasteiger partial charge in [0.25, 0.3) is 0 Å². The second-order valence-electron chi connectivity index (χ2n) is 5.05. The molecule has 1 fully saturated rings. The van der Waals surface area contributed by atoms with Gasteiger partial charge in [-0.3, -0.25) is 0 Å². The van der Waals surface area contributed by atoms with Crippen molar-refractivity contribution in [2.24, 2.45) is 5.92 Å². The summed E-state index contributed by atoms with van der Waals surface area (Å²) in [5.41, 5.74) is 0.616. The lowest BCUT2D eigenvalue weighted by Gasteiger charge is -2.31. The van der Waals surface area contributed by atoms with Gasteiger partial charge in [0.2, 0.25) is 10.0 Å². The van der Waals surface area contributed by atoms with E-state index in [-0.39, 0.29) is 18.3 Å². The number of halogens is 2. The molecule has 7 heteroatoms. The predicted molar refractivity (Wildman–Crippen MR) is 80.5 cm³/mol. The third-order valence-electron chi connectivity index (χ3n) is 3.47. The zero-order valence-electron chi connectivity index (χ0n) is 10.9. The highest BCUT2D eigenvalue weighted by atomic mass is 35.5. The molecule has 1 atom stereocenters. The van der Waals surface area contributed by atoms with Crippen LogP contribution in [0.4, 0.5) is 0 Å². The number of hydrogen-bond donors (Lipinski definition) is 1. The minimum atomic E-state index is -3.39. The summed E-state index contributed by atoms with van der Waals surface area (Å²) in [6.45, 7) is 0.930. The normalized spacial score (nSPS) is 21.1. The van der Waals surface area contributed by atoms with Crippen molar-refractivity contribution in [3.63, 3.8) is 0 Å². The zero-order chi connectivity index (χ0) is 14.8. The fourth-order valence-corrected chi connectivity index (χ4v) is 4.31. The van der Waals surface area contributed by atoms with Gasteiger partial charge in [0, 0.05) is 19.7 Å². The number of sulfonamides is 1. The van der Waals surface area contributed by atoms with E-state index in [0.29, 0.717) is 28.7 Å². The highest BCUT2D eigenvalue weighted by Crippen LogP contribution is 2.25. The molecule has 1 saturated heterocycles. The number of hydrogen-bond acceptors (Lipinski definition) is 3. The molecule has 1 aromatic carbocycles. The van der Waals surface area contributed by atoms with E-state index in [4.69, 9.17) is 23.2 Å². The first-order valence-corrected chi connectivity index (χ1v) is 8.81. The Bertz CT molecular complexity index is 577. The summed E-state index contributed by atoms with van der Waals surface area (Å²) >= 11 is 11.7. The van der Waals surface area contributed by atoms with Crippen LogP contribution in [0.15, 0.2) is 18.2 Å². The van der Waals surface area contributed by atoms with Crippen LogP contribution < -0.4 is 0 Å². The fourth-order valence-electron chi connectivity index (χ4n) is 2.36. The zero-order valence-corrected chi connectivity index (χ0v) is 13.3. The average Bonchev–Trinajstić information content (AvgIpc) is 2.43.